The van der Waals surface area contributed by atoms with Crippen molar-refractivity contribution in [2.45, 2.75) is 13.0 Å². The van der Waals surface area contributed by atoms with Gasteiger partial charge in [0.2, 0.25) is 0 Å². The first-order chi connectivity index (χ1) is 14.8. The number of benzene rings is 2. The minimum absolute atomic E-state index is 0.103. The molecule has 1 fully saturated rings. The second-order valence-electron chi connectivity index (χ2n) is 6.87. The summed E-state index contributed by atoms with van der Waals surface area (Å²) in [5.41, 5.74) is 0.721. The Bertz CT molecular complexity index is 1220. The van der Waals surface area contributed by atoms with Crippen LogP contribution >= 0.6 is 23.2 Å². The van der Waals surface area contributed by atoms with Gasteiger partial charge in [0, 0.05) is 16.7 Å². The number of carbonyl (C=O) groups excluding carboxylic acids is 2. The number of aliphatic hydroxyl groups excluding tert-OH is 1. The van der Waals surface area contributed by atoms with E-state index >= 15 is 0 Å². The molecule has 2 aromatic carbocycles. The molecule has 0 aliphatic carbocycles. The van der Waals surface area contributed by atoms with Crippen molar-refractivity contribution >= 4 is 46.5 Å². The summed E-state index contributed by atoms with van der Waals surface area (Å²) in [6.45, 7) is 1.67. The molecule has 2 heterocycles. The monoisotopic (exact) mass is 458 g/mol. The fraction of sp³-hybridized carbons (Fsp3) is 0.136. The maximum absolute atomic E-state index is 13.0. The topological polar surface area (TPSA) is 92.9 Å². The van der Waals surface area contributed by atoms with Crippen LogP contribution in [0.2, 0.25) is 10.0 Å². The summed E-state index contributed by atoms with van der Waals surface area (Å²) in [6, 6.07) is 11.8. The van der Waals surface area contributed by atoms with E-state index in [-0.39, 0.29) is 27.7 Å². The Kier molecular flexibility index (Phi) is 5.47. The van der Waals surface area contributed by atoms with Crippen molar-refractivity contribution < 1.29 is 24.0 Å². The van der Waals surface area contributed by atoms with Gasteiger partial charge in [-0.05, 0) is 42.8 Å². The van der Waals surface area contributed by atoms with Gasteiger partial charge in [-0.15, -0.1) is 0 Å². The molecule has 4 rings (SSSR count). The molecule has 1 aromatic heterocycles. The molecule has 1 aliphatic rings. The van der Waals surface area contributed by atoms with Gasteiger partial charge >= 0.3 is 5.91 Å². The maximum Gasteiger partial charge on any atom is 0.301 e. The molecule has 9 heteroatoms. The largest absolute Gasteiger partial charge is 0.507 e. The zero-order chi connectivity index (χ0) is 22.3. The molecule has 31 heavy (non-hydrogen) atoms. The Morgan fingerprint density at radius 1 is 1.13 bits per heavy atom. The van der Waals surface area contributed by atoms with Crippen molar-refractivity contribution in [1.29, 1.82) is 0 Å². The third-order valence-corrected chi connectivity index (χ3v) is 5.47. The molecule has 1 aliphatic heterocycles. The van der Waals surface area contributed by atoms with Gasteiger partial charge in [-0.25, -0.2) is 0 Å². The molecule has 1 N–H and O–H groups in total. The second kappa shape index (κ2) is 8.09. The van der Waals surface area contributed by atoms with Gasteiger partial charge in [-0.3, -0.25) is 14.5 Å². The summed E-state index contributed by atoms with van der Waals surface area (Å²) in [7, 11) is 1.46. The fourth-order valence-electron chi connectivity index (χ4n) is 3.47. The number of halogens is 2. The molecule has 3 aromatic rings. The third-order valence-electron chi connectivity index (χ3n) is 4.92. The molecule has 0 spiro atoms. The van der Waals surface area contributed by atoms with Gasteiger partial charge in [0.05, 0.1) is 23.7 Å². The average Bonchev–Trinajstić information content (AvgIpc) is 3.29. The Balaban J connectivity index is 1.93. The minimum atomic E-state index is -0.942. The van der Waals surface area contributed by atoms with Crippen molar-refractivity contribution in [3.8, 4) is 5.75 Å². The van der Waals surface area contributed by atoms with Crippen molar-refractivity contribution in [2.75, 3.05) is 12.0 Å². The number of hydrogen-bond donors (Lipinski definition) is 1. The first-order valence-corrected chi connectivity index (χ1v) is 9.91. The molecule has 0 saturated carbocycles. The van der Waals surface area contributed by atoms with Crippen LogP contribution < -0.4 is 9.64 Å². The van der Waals surface area contributed by atoms with E-state index in [2.05, 4.69) is 5.16 Å². The van der Waals surface area contributed by atoms with Crippen molar-refractivity contribution in [2.24, 2.45) is 0 Å². The summed E-state index contributed by atoms with van der Waals surface area (Å²) >= 11 is 12.2. The van der Waals surface area contributed by atoms with Crippen molar-refractivity contribution in [3.63, 3.8) is 0 Å². The highest BCUT2D eigenvalue weighted by atomic mass is 35.5. The van der Waals surface area contributed by atoms with Crippen molar-refractivity contribution in [1.82, 2.24) is 5.16 Å². The first kappa shape index (κ1) is 21.0. The van der Waals surface area contributed by atoms with E-state index in [4.69, 9.17) is 32.5 Å². The number of nitrogens with zero attached hydrogens (tertiary/aromatic N) is 2. The van der Waals surface area contributed by atoms with Gasteiger partial charge in [-0.2, -0.15) is 0 Å². The van der Waals surface area contributed by atoms with E-state index in [1.807, 2.05) is 0 Å². The molecule has 1 saturated heterocycles. The number of amides is 1. The first-order valence-electron chi connectivity index (χ1n) is 9.15. The number of aryl methyl sites for hydroxylation is 1. The van der Waals surface area contributed by atoms with Gasteiger partial charge < -0.3 is 14.4 Å². The number of hydrogen-bond acceptors (Lipinski definition) is 6. The van der Waals surface area contributed by atoms with Crippen molar-refractivity contribution in [3.05, 3.63) is 81.0 Å². The Morgan fingerprint density at radius 3 is 2.42 bits per heavy atom. The van der Waals surface area contributed by atoms with Crippen LogP contribution in [0.3, 0.4) is 0 Å². The third kappa shape index (κ3) is 3.66. The summed E-state index contributed by atoms with van der Waals surface area (Å²) in [6.07, 6.45) is 0. The Hall–Kier alpha value is -3.29. The molecule has 0 unspecified atom stereocenters. The van der Waals surface area contributed by atoms with Crippen LogP contribution in [0.1, 0.15) is 22.9 Å². The maximum atomic E-state index is 13.0. The summed E-state index contributed by atoms with van der Waals surface area (Å²) in [5.74, 6) is -1.03. The molecular formula is C22H16Cl2N2O5. The number of ether oxygens (including phenoxy) is 1. The number of anilines is 1. The predicted octanol–water partition coefficient (Wildman–Crippen LogP) is 4.92. The lowest BCUT2D eigenvalue weighted by atomic mass is 9.95. The highest BCUT2D eigenvalue weighted by molar-refractivity contribution is 6.51. The molecule has 7 nitrogen and oxygen atoms in total. The number of Topliss-reactive ketones (excluding diaryl/α,β-unsaturated/α-hetero) is 1. The Labute approximate surface area is 187 Å². The van der Waals surface area contributed by atoms with E-state index in [1.54, 1.807) is 49.4 Å². The van der Waals surface area contributed by atoms with Gasteiger partial charge in [0.15, 0.2) is 5.82 Å². The SMILES string of the molecule is COc1ccc(/C(O)=C2\C(=O)C(=O)N(c3cc(C)on3)[C@H]2c2ccc(Cl)cc2)cc1Cl. The summed E-state index contributed by atoms with van der Waals surface area (Å²) in [5, 5.41) is 15.7. The lowest BCUT2D eigenvalue weighted by molar-refractivity contribution is -0.132. The van der Waals surface area contributed by atoms with Crippen LogP contribution in [-0.2, 0) is 9.59 Å². The number of methoxy groups -OCH3 is 1. The van der Waals surface area contributed by atoms with E-state index in [0.29, 0.717) is 22.1 Å². The summed E-state index contributed by atoms with van der Waals surface area (Å²) < 4.78 is 10.2. The number of carbonyl (C=O) groups is 2. The number of rotatable bonds is 4. The fourth-order valence-corrected chi connectivity index (χ4v) is 3.85. The lowest BCUT2D eigenvalue weighted by Gasteiger charge is -2.23. The predicted molar refractivity (Wildman–Crippen MR) is 115 cm³/mol. The molecule has 0 bridgehead atoms. The standard InChI is InChI=1S/C22H16Cl2N2O5/c1-11-9-17(25-31-11)26-19(12-3-6-14(23)7-4-12)18(21(28)22(26)29)20(27)13-5-8-16(30-2)15(24)10-13/h3-10,19,27H,1-2H3/b20-18+/t19-/m0/s1. The molecule has 1 atom stereocenters. The van der Waals surface area contributed by atoms with Crippen LogP contribution in [0.15, 0.2) is 58.6 Å². The number of aliphatic hydroxyl groups is 1. The zero-order valence-corrected chi connectivity index (χ0v) is 17.9. The summed E-state index contributed by atoms with van der Waals surface area (Å²) in [4.78, 5) is 27.2. The van der Waals surface area contributed by atoms with E-state index < -0.39 is 17.7 Å². The quantitative estimate of drug-likeness (QED) is 0.338. The van der Waals surface area contributed by atoms with Crippen LogP contribution in [0.5, 0.6) is 5.75 Å². The zero-order valence-electron chi connectivity index (χ0n) is 16.4. The lowest BCUT2D eigenvalue weighted by Crippen LogP contribution is -2.29. The second-order valence-corrected chi connectivity index (χ2v) is 7.71. The highest BCUT2D eigenvalue weighted by Gasteiger charge is 2.48. The Morgan fingerprint density at radius 2 is 1.84 bits per heavy atom. The van der Waals surface area contributed by atoms with E-state index in [9.17, 15) is 14.7 Å². The minimum Gasteiger partial charge on any atom is -0.507 e. The smallest absolute Gasteiger partial charge is 0.301 e. The molecule has 1 amide bonds. The molecular weight excluding hydrogens is 443 g/mol. The number of aromatic nitrogens is 1. The van der Waals surface area contributed by atoms with Gasteiger partial charge in [-0.1, -0.05) is 40.5 Å². The van der Waals surface area contributed by atoms with Crippen LogP contribution in [-0.4, -0.2) is 29.1 Å². The number of ketones is 1. The van der Waals surface area contributed by atoms with Gasteiger partial charge in [0.25, 0.3) is 5.78 Å². The molecule has 0 radical (unpaired) electrons. The van der Waals surface area contributed by atoms with Crippen LogP contribution in [0.4, 0.5) is 5.82 Å². The average molecular weight is 459 g/mol. The highest BCUT2D eigenvalue weighted by Crippen LogP contribution is 2.42. The van der Waals surface area contributed by atoms with E-state index in [0.717, 1.165) is 0 Å². The molecule has 158 valence electrons. The van der Waals surface area contributed by atoms with Crippen LogP contribution in [0, 0.1) is 6.92 Å². The normalized spacial score (nSPS) is 17.9. The van der Waals surface area contributed by atoms with Crippen LogP contribution in [0.25, 0.3) is 5.76 Å². The van der Waals surface area contributed by atoms with E-state index in [1.165, 1.54) is 18.1 Å². The van der Waals surface area contributed by atoms with Gasteiger partial charge in [0.1, 0.15) is 17.3 Å².